The zero-order valence-electron chi connectivity index (χ0n) is 10.5. The summed E-state index contributed by atoms with van der Waals surface area (Å²) in [4.78, 5) is 0. The van der Waals surface area contributed by atoms with Crippen LogP contribution in [0.4, 0.5) is 0 Å². The smallest absolute Gasteiger partial charge is 0.133 e. The Balaban J connectivity index is 0.00000162. The summed E-state index contributed by atoms with van der Waals surface area (Å²) < 4.78 is 6.20. The zero-order chi connectivity index (χ0) is 12.3. The molecule has 0 unspecified atom stereocenters. The highest BCUT2D eigenvalue weighted by Crippen LogP contribution is 2.32. The van der Waals surface area contributed by atoms with Crippen molar-refractivity contribution in [3.05, 3.63) is 28.2 Å². The maximum atomic E-state index is 6.34. The number of methoxy groups -OCH3 is 1. The van der Waals surface area contributed by atoms with E-state index in [-0.39, 0.29) is 18.4 Å². The monoisotopic (exact) mass is 334 g/mol. The fourth-order valence-electron chi connectivity index (χ4n) is 2.37. The van der Waals surface area contributed by atoms with Gasteiger partial charge < -0.3 is 15.8 Å². The summed E-state index contributed by atoms with van der Waals surface area (Å²) in [6.45, 7) is 2.16. The van der Waals surface area contributed by atoms with Crippen LogP contribution < -0.4 is 15.8 Å². The van der Waals surface area contributed by atoms with E-state index in [1.807, 2.05) is 6.07 Å². The van der Waals surface area contributed by atoms with Gasteiger partial charge in [-0.15, -0.1) is 12.4 Å². The largest absolute Gasteiger partial charge is 0.496 e. The van der Waals surface area contributed by atoms with Crippen LogP contribution in [0.15, 0.2) is 22.7 Å². The number of piperidine rings is 1. The molecule has 0 aromatic heterocycles. The second-order valence-corrected chi connectivity index (χ2v) is 5.36. The van der Waals surface area contributed by atoms with Crippen LogP contribution in [0.1, 0.15) is 24.4 Å². The molecule has 18 heavy (non-hydrogen) atoms. The molecule has 1 heterocycles. The van der Waals surface area contributed by atoms with Crippen LogP contribution in [0.25, 0.3) is 0 Å². The van der Waals surface area contributed by atoms with Crippen LogP contribution in [-0.4, -0.2) is 20.2 Å². The zero-order valence-corrected chi connectivity index (χ0v) is 12.9. The minimum Gasteiger partial charge on any atom is -0.496 e. The summed E-state index contributed by atoms with van der Waals surface area (Å²) in [5.74, 6) is 1.43. The average Bonchev–Trinajstić information content (AvgIpc) is 2.39. The van der Waals surface area contributed by atoms with Crippen molar-refractivity contribution in [3.8, 4) is 5.75 Å². The molecule has 5 heteroatoms. The molecule has 1 atom stereocenters. The minimum absolute atomic E-state index is 0. The van der Waals surface area contributed by atoms with Gasteiger partial charge in [-0.1, -0.05) is 6.07 Å². The Labute approximate surface area is 123 Å². The summed E-state index contributed by atoms with van der Waals surface area (Å²) in [5.41, 5.74) is 7.53. The SMILES string of the molecule is COc1ccc([C@H](N)C2CCNCC2)cc1Br.Cl. The van der Waals surface area contributed by atoms with Crippen molar-refractivity contribution in [1.29, 1.82) is 0 Å². The first-order valence-electron chi connectivity index (χ1n) is 6.02. The van der Waals surface area contributed by atoms with Crippen LogP contribution in [0, 0.1) is 5.92 Å². The van der Waals surface area contributed by atoms with Crippen LogP contribution in [-0.2, 0) is 0 Å². The number of benzene rings is 1. The molecule has 1 fully saturated rings. The van der Waals surface area contributed by atoms with Crippen LogP contribution in [0.5, 0.6) is 5.75 Å². The Hall–Kier alpha value is -0.290. The van der Waals surface area contributed by atoms with E-state index in [1.165, 1.54) is 5.56 Å². The van der Waals surface area contributed by atoms with Gasteiger partial charge in [-0.3, -0.25) is 0 Å². The molecule has 0 radical (unpaired) electrons. The molecule has 1 aromatic rings. The molecule has 1 aliphatic heterocycles. The van der Waals surface area contributed by atoms with Crippen molar-refractivity contribution in [2.75, 3.05) is 20.2 Å². The summed E-state index contributed by atoms with van der Waals surface area (Å²) in [6, 6.07) is 6.24. The molecule has 1 saturated heterocycles. The van der Waals surface area contributed by atoms with Crippen molar-refractivity contribution in [1.82, 2.24) is 5.32 Å². The van der Waals surface area contributed by atoms with Gasteiger partial charge in [-0.05, 0) is 65.5 Å². The predicted octanol–water partition coefficient (Wildman–Crippen LogP) is 2.88. The summed E-state index contributed by atoms with van der Waals surface area (Å²) >= 11 is 3.51. The number of nitrogens with two attached hydrogens (primary N) is 1. The van der Waals surface area contributed by atoms with Crippen molar-refractivity contribution < 1.29 is 4.74 Å². The van der Waals surface area contributed by atoms with Gasteiger partial charge in [0.25, 0.3) is 0 Å². The van der Waals surface area contributed by atoms with Crippen molar-refractivity contribution in [2.24, 2.45) is 11.7 Å². The molecule has 2 rings (SSSR count). The molecule has 0 spiro atoms. The van der Waals surface area contributed by atoms with Gasteiger partial charge in [0.2, 0.25) is 0 Å². The van der Waals surface area contributed by atoms with Gasteiger partial charge in [-0.25, -0.2) is 0 Å². The van der Waals surface area contributed by atoms with E-state index in [2.05, 4.69) is 33.4 Å². The van der Waals surface area contributed by atoms with E-state index >= 15 is 0 Å². The Morgan fingerprint density at radius 3 is 2.61 bits per heavy atom. The fraction of sp³-hybridized carbons (Fsp3) is 0.538. The predicted molar refractivity (Wildman–Crippen MR) is 80.5 cm³/mol. The maximum Gasteiger partial charge on any atom is 0.133 e. The van der Waals surface area contributed by atoms with Crippen molar-refractivity contribution in [3.63, 3.8) is 0 Å². The highest BCUT2D eigenvalue weighted by atomic mass is 79.9. The fourth-order valence-corrected chi connectivity index (χ4v) is 2.92. The first-order chi connectivity index (χ1) is 8.22. The third-order valence-corrected chi connectivity index (χ3v) is 4.07. The summed E-state index contributed by atoms with van der Waals surface area (Å²) in [7, 11) is 1.67. The van der Waals surface area contributed by atoms with Crippen molar-refractivity contribution in [2.45, 2.75) is 18.9 Å². The van der Waals surface area contributed by atoms with Gasteiger partial charge in [0.15, 0.2) is 0 Å². The molecule has 3 nitrogen and oxygen atoms in total. The molecule has 0 saturated carbocycles. The molecule has 102 valence electrons. The topological polar surface area (TPSA) is 47.3 Å². The van der Waals surface area contributed by atoms with Gasteiger partial charge in [0.1, 0.15) is 5.75 Å². The third kappa shape index (κ3) is 3.60. The van der Waals surface area contributed by atoms with Gasteiger partial charge in [0.05, 0.1) is 11.6 Å². The molecular weight excluding hydrogens is 316 g/mol. The number of rotatable bonds is 3. The van der Waals surface area contributed by atoms with Crippen molar-refractivity contribution >= 4 is 28.3 Å². The lowest BCUT2D eigenvalue weighted by Gasteiger charge is -2.28. The quantitative estimate of drug-likeness (QED) is 0.893. The first-order valence-corrected chi connectivity index (χ1v) is 6.81. The molecule has 1 aliphatic rings. The standard InChI is InChI=1S/C13H19BrN2O.ClH/c1-17-12-3-2-10(8-11(12)14)13(15)9-4-6-16-7-5-9;/h2-3,8-9,13,16H,4-7,15H2,1H3;1H/t13-;/m1./s1. The Kier molecular flexibility index (Phi) is 6.43. The van der Waals surface area contributed by atoms with Crippen LogP contribution in [0.3, 0.4) is 0 Å². The summed E-state index contributed by atoms with van der Waals surface area (Å²) in [5, 5.41) is 3.37. The van der Waals surface area contributed by atoms with Crippen LogP contribution >= 0.6 is 28.3 Å². The van der Waals surface area contributed by atoms with Crippen LogP contribution in [0.2, 0.25) is 0 Å². The number of hydrogen-bond acceptors (Lipinski definition) is 3. The number of halogens is 2. The first kappa shape index (κ1) is 15.8. The van der Waals surface area contributed by atoms with E-state index in [0.29, 0.717) is 5.92 Å². The van der Waals surface area contributed by atoms with E-state index in [9.17, 15) is 0 Å². The number of hydrogen-bond donors (Lipinski definition) is 2. The minimum atomic E-state index is 0. The Morgan fingerprint density at radius 1 is 1.39 bits per heavy atom. The summed E-state index contributed by atoms with van der Waals surface area (Å²) in [6.07, 6.45) is 2.32. The molecule has 0 aliphatic carbocycles. The lowest BCUT2D eigenvalue weighted by molar-refractivity contribution is 0.322. The molecular formula is C13H20BrClN2O. The Bertz CT molecular complexity index is 383. The maximum absolute atomic E-state index is 6.34. The second kappa shape index (κ2) is 7.34. The van der Waals surface area contributed by atoms with E-state index < -0.39 is 0 Å². The van der Waals surface area contributed by atoms with E-state index in [0.717, 1.165) is 36.2 Å². The third-order valence-electron chi connectivity index (χ3n) is 3.45. The van der Waals surface area contributed by atoms with Gasteiger partial charge >= 0.3 is 0 Å². The highest BCUT2D eigenvalue weighted by Gasteiger charge is 2.22. The van der Waals surface area contributed by atoms with E-state index in [4.69, 9.17) is 10.5 Å². The average molecular weight is 336 g/mol. The molecule has 1 aromatic carbocycles. The highest BCUT2D eigenvalue weighted by molar-refractivity contribution is 9.10. The van der Waals surface area contributed by atoms with Gasteiger partial charge in [0, 0.05) is 6.04 Å². The number of ether oxygens (including phenoxy) is 1. The van der Waals surface area contributed by atoms with Gasteiger partial charge in [-0.2, -0.15) is 0 Å². The molecule has 0 amide bonds. The lowest BCUT2D eigenvalue weighted by atomic mass is 9.86. The molecule has 3 N–H and O–H groups in total. The normalized spacial score (nSPS) is 17.9. The number of nitrogens with one attached hydrogen (secondary N) is 1. The second-order valence-electron chi connectivity index (χ2n) is 4.51. The molecule has 0 bridgehead atoms. The van der Waals surface area contributed by atoms with E-state index in [1.54, 1.807) is 7.11 Å². The Morgan fingerprint density at radius 2 is 2.06 bits per heavy atom. The lowest BCUT2D eigenvalue weighted by Crippen LogP contribution is -2.33.